The van der Waals surface area contributed by atoms with Gasteiger partial charge in [0.05, 0.1) is 17.7 Å². The molecule has 110 valence electrons. The minimum Gasteiger partial charge on any atom is -0.464 e. The first-order chi connectivity index (χ1) is 10.8. The van der Waals surface area contributed by atoms with Gasteiger partial charge < -0.3 is 4.74 Å². The van der Waals surface area contributed by atoms with Crippen LogP contribution in [0.1, 0.15) is 10.5 Å². The van der Waals surface area contributed by atoms with Gasteiger partial charge in [-0.3, -0.25) is 0 Å². The van der Waals surface area contributed by atoms with E-state index in [1.807, 2.05) is 66.9 Å². The Balaban J connectivity index is 2.00. The van der Waals surface area contributed by atoms with Gasteiger partial charge in [0.2, 0.25) is 0 Å². The van der Waals surface area contributed by atoms with E-state index < -0.39 is 5.97 Å². The van der Waals surface area contributed by atoms with Gasteiger partial charge in [0.15, 0.2) is 5.69 Å². The van der Waals surface area contributed by atoms with E-state index >= 15 is 0 Å². The van der Waals surface area contributed by atoms with Crippen molar-refractivity contribution in [2.24, 2.45) is 0 Å². The maximum atomic E-state index is 12.0. The van der Waals surface area contributed by atoms with E-state index in [0.29, 0.717) is 5.69 Å². The van der Waals surface area contributed by atoms with Crippen LogP contribution in [-0.2, 0) is 4.74 Å². The summed E-state index contributed by atoms with van der Waals surface area (Å²) in [6.45, 7) is 0. The molecule has 1 aromatic heterocycles. The van der Waals surface area contributed by atoms with Gasteiger partial charge in [0.1, 0.15) is 0 Å². The summed E-state index contributed by atoms with van der Waals surface area (Å²) in [4.78, 5) is 13.8. The van der Waals surface area contributed by atoms with Gasteiger partial charge in [-0.1, -0.05) is 48.2 Å². The van der Waals surface area contributed by atoms with Gasteiger partial charge in [-0.25, -0.2) is 9.48 Å². The van der Waals surface area contributed by atoms with E-state index in [9.17, 15) is 4.79 Å². The summed E-state index contributed by atoms with van der Waals surface area (Å²) < 4.78 is 6.53. The zero-order valence-corrected chi connectivity index (χ0v) is 12.8. The smallest absolute Gasteiger partial charge is 0.359 e. The minimum atomic E-state index is -0.437. The van der Waals surface area contributed by atoms with E-state index in [1.54, 1.807) is 4.68 Å². The Labute approximate surface area is 132 Å². The molecular formula is C17H14N2O2S. The summed E-state index contributed by atoms with van der Waals surface area (Å²) >= 11 is 1.49. The lowest BCUT2D eigenvalue weighted by Gasteiger charge is -2.00. The summed E-state index contributed by atoms with van der Waals surface area (Å²) in [5.41, 5.74) is 1.22. The van der Waals surface area contributed by atoms with E-state index in [-0.39, 0.29) is 0 Å². The number of carbonyl (C=O) groups excluding carboxylic acids is 1. The fraction of sp³-hybridized carbons (Fsp3) is 0.0588. The maximum absolute atomic E-state index is 12.0. The molecule has 22 heavy (non-hydrogen) atoms. The highest BCUT2D eigenvalue weighted by Crippen LogP contribution is 2.31. The van der Waals surface area contributed by atoms with Crippen molar-refractivity contribution in [3.05, 3.63) is 72.6 Å². The van der Waals surface area contributed by atoms with Crippen LogP contribution in [0.15, 0.2) is 76.7 Å². The molecule has 0 saturated carbocycles. The lowest BCUT2D eigenvalue weighted by molar-refractivity contribution is 0.0589. The standard InChI is InChI=1S/C17H14N2O2S/c1-21-17(20)16-15(22-14-10-6-3-7-11-14)12-19(18-16)13-8-4-2-5-9-13/h2-12H,1H3. The monoisotopic (exact) mass is 310 g/mol. The number of hydrogen-bond acceptors (Lipinski definition) is 4. The summed E-state index contributed by atoms with van der Waals surface area (Å²) in [5.74, 6) is -0.437. The van der Waals surface area contributed by atoms with E-state index in [2.05, 4.69) is 5.10 Å². The molecular weight excluding hydrogens is 296 g/mol. The third-order valence-electron chi connectivity index (χ3n) is 3.05. The van der Waals surface area contributed by atoms with Crippen LogP contribution in [0, 0.1) is 0 Å². The van der Waals surface area contributed by atoms with Gasteiger partial charge in [-0.05, 0) is 24.3 Å². The van der Waals surface area contributed by atoms with Crippen LogP contribution >= 0.6 is 11.8 Å². The summed E-state index contributed by atoms with van der Waals surface area (Å²) in [6.07, 6.45) is 1.85. The van der Waals surface area contributed by atoms with Crippen molar-refractivity contribution >= 4 is 17.7 Å². The number of para-hydroxylation sites is 1. The maximum Gasteiger partial charge on any atom is 0.359 e. The van der Waals surface area contributed by atoms with Crippen molar-refractivity contribution in [1.29, 1.82) is 0 Å². The zero-order valence-electron chi connectivity index (χ0n) is 12.0. The van der Waals surface area contributed by atoms with Crippen LogP contribution in [0.2, 0.25) is 0 Å². The first kappa shape index (κ1) is 14.4. The molecule has 0 bridgehead atoms. The molecule has 0 aliphatic heterocycles. The highest BCUT2D eigenvalue weighted by molar-refractivity contribution is 7.99. The van der Waals surface area contributed by atoms with Crippen molar-refractivity contribution in [3.8, 4) is 5.69 Å². The first-order valence-electron chi connectivity index (χ1n) is 6.74. The van der Waals surface area contributed by atoms with Crippen LogP contribution in [0.5, 0.6) is 0 Å². The Kier molecular flexibility index (Phi) is 4.25. The summed E-state index contributed by atoms with van der Waals surface area (Å²) in [5, 5.41) is 4.37. The van der Waals surface area contributed by atoms with Crippen molar-refractivity contribution in [1.82, 2.24) is 9.78 Å². The van der Waals surface area contributed by atoms with Crippen LogP contribution in [0.25, 0.3) is 5.69 Å². The second-order valence-corrected chi connectivity index (χ2v) is 5.64. The number of hydrogen-bond donors (Lipinski definition) is 0. The Morgan fingerprint density at radius 1 is 1.05 bits per heavy atom. The van der Waals surface area contributed by atoms with Crippen molar-refractivity contribution in [3.63, 3.8) is 0 Å². The Hall–Kier alpha value is -2.53. The molecule has 0 fully saturated rings. The molecule has 0 N–H and O–H groups in total. The largest absolute Gasteiger partial charge is 0.464 e. The lowest BCUT2D eigenvalue weighted by atomic mass is 10.3. The molecule has 5 heteroatoms. The topological polar surface area (TPSA) is 44.1 Å². The first-order valence-corrected chi connectivity index (χ1v) is 7.56. The predicted molar refractivity (Wildman–Crippen MR) is 85.5 cm³/mol. The van der Waals surface area contributed by atoms with E-state index in [4.69, 9.17) is 4.74 Å². The molecule has 0 spiro atoms. The molecule has 2 aromatic carbocycles. The fourth-order valence-corrected chi connectivity index (χ4v) is 2.92. The number of aromatic nitrogens is 2. The van der Waals surface area contributed by atoms with E-state index in [0.717, 1.165) is 15.5 Å². The SMILES string of the molecule is COC(=O)c1nn(-c2ccccc2)cc1Sc1ccccc1. The minimum absolute atomic E-state index is 0.320. The second-order valence-electron chi connectivity index (χ2n) is 4.53. The zero-order chi connectivity index (χ0) is 15.4. The summed E-state index contributed by atoms with van der Waals surface area (Å²) in [7, 11) is 1.36. The Morgan fingerprint density at radius 3 is 2.32 bits per heavy atom. The van der Waals surface area contributed by atoms with Gasteiger partial charge in [-0.15, -0.1) is 0 Å². The molecule has 0 aliphatic carbocycles. The van der Waals surface area contributed by atoms with Gasteiger partial charge in [0, 0.05) is 11.1 Å². The Bertz CT molecular complexity index is 770. The average Bonchev–Trinajstić information content (AvgIpc) is 3.00. The van der Waals surface area contributed by atoms with Crippen LogP contribution in [0.3, 0.4) is 0 Å². The number of rotatable bonds is 4. The molecule has 3 aromatic rings. The Morgan fingerprint density at radius 2 is 1.68 bits per heavy atom. The molecule has 3 rings (SSSR count). The molecule has 0 aliphatic rings. The second kappa shape index (κ2) is 6.49. The van der Waals surface area contributed by atoms with Gasteiger partial charge in [0.25, 0.3) is 0 Å². The third kappa shape index (κ3) is 3.04. The average molecular weight is 310 g/mol. The number of methoxy groups -OCH3 is 1. The predicted octanol–water partition coefficient (Wildman–Crippen LogP) is 3.81. The highest BCUT2D eigenvalue weighted by atomic mass is 32.2. The number of benzene rings is 2. The van der Waals surface area contributed by atoms with Crippen LogP contribution < -0.4 is 0 Å². The lowest BCUT2D eigenvalue weighted by Crippen LogP contribution is -2.04. The third-order valence-corrected chi connectivity index (χ3v) is 4.08. The number of carbonyl (C=O) groups is 1. The molecule has 0 radical (unpaired) electrons. The van der Waals surface area contributed by atoms with Crippen molar-refractivity contribution in [2.45, 2.75) is 9.79 Å². The van der Waals surface area contributed by atoms with E-state index in [1.165, 1.54) is 18.9 Å². The van der Waals surface area contributed by atoms with Crippen molar-refractivity contribution < 1.29 is 9.53 Å². The normalized spacial score (nSPS) is 10.4. The number of nitrogens with zero attached hydrogens (tertiary/aromatic N) is 2. The summed E-state index contributed by atoms with van der Waals surface area (Å²) in [6, 6.07) is 19.5. The number of esters is 1. The number of ether oxygens (including phenoxy) is 1. The molecule has 1 heterocycles. The molecule has 0 unspecified atom stereocenters. The highest BCUT2D eigenvalue weighted by Gasteiger charge is 2.19. The van der Waals surface area contributed by atoms with Gasteiger partial charge in [-0.2, -0.15) is 5.10 Å². The van der Waals surface area contributed by atoms with Crippen molar-refractivity contribution in [2.75, 3.05) is 7.11 Å². The van der Waals surface area contributed by atoms with Crippen LogP contribution in [0.4, 0.5) is 0 Å². The molecule has 4 nitrogen and oxygen atoms in total. The molecule has 0 saturated heterocycles. The molecule has 0 amide bonds. The quantitative estimate of drug-likeness (QED) is 0.687. The van der Waals surface area contributed by atoms with Crippen LogP contribution in [-0.4, -0.2) is 22.9 Å². The molecule has 0 atom stereocenters. The fourth-order valence-electron chi connectivity index (χ4n) is 2.00. The van der Waals surface area contributed by atoms with Gasteiger partial charge >= 0.3 is 5.97 Å².